The van der Waals surface area contributed by atoms with Gasteiger partial charge in [0, 0.05) is 12.2 Å². The van der Waals surface area contributed by atoms with Crippen LogP contribution in [0.3, 0.4) is 0 Å². The fourth-order valence-corrected chi connectivity index (χ4v) is 6.95. The number of aliphatic hydroxyl groups excluding tert-OH is 1. The summed E-state index contributed by atoms with van der Waals surface area (Å²) in [5, 5.41) is 16.3. The van der Waals surface area contributed by atoms with Crippen LogP contribution in [0.5, 0.6) is 0 Å². The smallest absolute Gasteiger partial charge is 0.246 e. The normalized spacial score (nSPS) is 30.4. The van der Waals surface area contributed by atoms with Crippen molar-refractivity contribution in [2.75, 3.05) is 11.9 Å². The first-order chi connectivity index (χ1) is 18.3. The van der Waals surface area contributed by atoms with E-state index in [4.69, 9.17) is 4.74 Å². The minimum atomic E-state index is -1.13. The molecule has 3 N–H and O–H groups in total. The molecule has 2 unspecified atom stereocenters. The average molecular weight is 520 g/mol. The van der Waals surface area contributed by atoms with Crippen molar-refractivity contribution in [3.05, 3.63) is 66.2 Å². The number of fused-ring (bicyclic) bond motifs is 1. The number of nitrogens with one attached hydrogen (secondary N) is 2. The quantitative estimate of drug-likeness (QED) is 0.472. The average Bonchev–Trinajstić information content (AvgIpc) is 3.53. The zero-order chi connectivity index (χ0) is 27.1. The van der Waals surface area contributed by atoms with Crippen molar-refractivity contribution in [1.29, 1.82) is 0 Å². The molecule has 3 aliphatic rings. The Morgan fingerprint density at radius 1 is 1.05 bits per heavy atom. The molecule has 2 aromatic carbocycles. The largest absolute Gasteiger partial charge is 0.394 e. The molecule has 3 amide bonds. The van der Waals surface area contributed by atoms with Crippen molar-refractivity contribution in [2.24, 2.45) is 17.8 Å². The van der Waals surface area contributed by atoms with Gasteiger partial charge in [0.25, 0.3) is 0 Å². The Kier molecular flexibility index (Phi) is 7.05. The molecule has 3 heterocycles. The Morgan fingerprint density at radius 2 is 1.71 bits per heavy atom. The third-order valence-corrected chi connectivity index (χ3v) is 8.81. The fraction of sp³-hybridized carbons (Fsp3) is 0.500. The molecule has 8 nitrogen and oxygen atoms in total. The number of hydrogen-bond acceptors (Lipinski definition) is 5. The molecule has 3 fully saturated rings. The van der Waals surface area contributed by atoms with E-state index in [1.807, 2.05) is 81.4 Å². The monoisotopic (exact) mass is 519 g/mol. The maximum atomic E-state index is 14.3. The SMILES string of the molecule is CC[C@]12CCC3(O1)C(C(=O)NCc1ccccc1)N([C@@H](CO)C(C)C)C(=O)[C@@H]3[C@H]2C(=O)Nc1ccccc1. The lowest BCUT2D eigenvalue weighted by Crippen LogP contribution is -2.58. The van der Waals surface area contributed by atoms with Crippen LogP contribution in [-0.2, 0) is 25.7 Å². The minimum absolute atomic E-state index is 0.0995. The van der Waals surface area contributed by atoms with Gasteiger partial charge in [-0.25, -0.2) is 0 Å². The topological polar surface area (TPSA) is 108 Å². The van der Waals surface area contributed by atoms with Crippen molar-refractivity contribution in [2.45, 2.75) is 69.9 Å². The van der Waals surface area contributed by atoms with E-state index in [0.717, 1.165) is 5.56 Å². The number of hydrogen-bond donors (Lipinski definition) is 3. The molecule has 3 aliphatic heterocycles. The maximum absolute atomic E-state index is 14.3. The molecule has 0 radical (unpaired) electrons. The van der Waals surface area contributed by atoms with Crippen LogP contribution in [0.15, 0.2) is 60.7 Å². The van der Waals surface area contributed by atoms with Gasteiger partial charge in [0.15, 0.2) is 0 Å². The number of rotatable bonds is 9. The van der Waals surface area contributed by atoms with Gasteiger partial charge in [0.05, 0.1) is 30.1 Å². The van der Waals surface area contributed by atoms with Crippen LogP contribution in [0, 0.1) is 17.8 Å². The molecule has 1 spiro atoms. The van der Waals surface area contributed by atoms with E-state index in [-0.39, 0.29) is 30.2 Å². The van der Waals surface area contributed by atoms with E-state index < -0.39 is 35.1 Å². The Hall–Kier alpha value is -3.23. The summed E-state index contributed by atoms with van der Waals surface area (Å²) in [6, 6.07) is 17.2. The molecule has 0 saturated carbocycles. The Bertz CT molecular complexity index is 1190. The summed E-state index contributed by atoms with van der Waals surface area (Å²) in [5.41, 5.74) is -0.365. The molecule has 5 rings (SSSR count). The highest BCUT2D eigenvalue weighted by Crippen LogP contribution is 2.64. The molecule has 6 atom stereocenters. The van der Waals surface area contributed by atoms with Crippen LogP contribution in [0.4, 0.5) is 5.69 Å². The summed E-state index contributed by atoms with van der Waals surface area (Å²) in [6.45, 7) is 5.84. The zero-order valence-electron chi connectivity index (χ0n) is 22.2. The number of likely N-dealkylation sites (tertiary alicyclic amines) is 1. The van der Waals surface area contributed by atoms with Gasteiger partial charge in [-0.15, -0.1) is 0 Å². The number of benzene rings is 2. The van der Waals surface area contributed by atoms with Crippen molar-refractivity contribution in [3.63, 3.8) is 0 Å². The third-order valence-electron chi connectivity index (χ3n) is 8.81. The lowest BCUT2D eigenvalue weighted by molar-refractivity contribution is -0.151. The molecular formula is C30H37N3O5. The number of aliphatic hydroxyl groups is 1. The van der Waals surface area contributed by atoms with E-state index in [9.17, 15) is 19.5 Å². The lowest BCUT2D eigenvalue weighted by Gasteiger charge is -2.38. The number of amides is 3. The standard InChI is InChI=1S/C30H37N3O5/c1-4-29-15-16-30(38-29)24(23(29)26(35)32-21-13-9-6-10-14-21)28(37)33(22(18-34)19(2)3)25(30)27(36)31-17-20-11-7-5-8-12-20/h5-14,19,22-25,34H,4,15-18H2,1-3H3,(H,31,36)(H,32,35)/t22-,23-,24-,25?,29+,30?/m0/s1. The summed E-state index contributed by atoms with van der Waals surface area (Å²) in [4.78, 5) is 43.5. The first-order valence-electron chi connectivity index (χ1n) is 13.6. The van der Waals surface area contributed by atoms with Gasteiger partial charge in [-0.05, 0) is 42.9 Å². The van der Waals surface area contributed by atoms with E-state index >= 15 is 0 Å². The molecule has 202 valence electrons. The Morgan fingerprint density at radius 3 is 2.32 bits per heavy atom. The minimum Gasteiger partial charge on any atom is -0.394 e. The predicted molar refractivity (Wildman–Crippen MR) is 143 cm³/mol. The summed E-state index contributed by atoms with van der Waals surface area (Å²) < 4.78 is 6.79. The van der Waals surface area contributed by atoms with Crippen molar-refractivity contribution >= 4 is 23.4 Å². The first-order valence-corrected chi connectivity index (χ1v) is 13.6. The highest BCUT2D eigenvalue weighted by Gasteiger charge is 2.79. The van der Waals surface area contributed by atoms with E-state index in [0.29, 0.717) is 31.5 Å². The molecule has 2 aromatic rings. The molecule has 0 aliphatic carbocycles. The van der Waals surface area contributed by atoms with Gasteiger partial charge in [0.2, 0.25) is 17.7 Å². The number of anilines is 1. The second-order valence-corrected chi connectivity index (χ2v) is 11.1. The Labute approximate surface area is 223 Å². The number of ether oxygens (including phenoxy) is 1. The van der Waals surface area contributed by atoms with Crippen molar-refractivity contribution in [1.82, 2.24) is 10.2 Å². The van der Waals surface area contributed by atoms with E-state index in [1.54, 1.807) is 0 Å². The van der Waals surface area contributed by atoms with Crippen LogP contribution < -0.4 is 10.6 Å². The molecule has 0 aromatic heterocycles. The van der Waals surface area contributed by atoms with Gasteiger partial charge in [-0.2, -0.15) is 0 Å². The third kappa shape index (κ3) is 4.10. The van der Waals surface area contributed by atoms with Crippen molar-refractivity contribution in [3.8, 4) is 0 Å². The number of nitrogens with zero attached hydrogens (tertiary/aromatic N) is 1. The fourth-order valence-electron chi connectivity index (χ4n) is 6.95. The van der Waals surface area contributed by atoms with E-state index in [2.05, 4.69) is 10.6 Å². The van der Waals surface area contributed by atoms with Gasteiger partial charge in [0.1, 0.15) is 11.6 Å². The molecule has 2 bridgehead atoms. The highest BCUT2D eigenvalue weighted by atomic mass is 16.5. The number of para-hydroxylation sites is 1. The summed E-state index contributed by atoms with van der Waals surface area (Å²) >= 11 is 0. The first kappa shape index (κ1) is 26.4. The van der Waals surface area contributed by atoms with Crippen LogP contribution in [-0.4, -0.2) is 57.6 Å². The highest BCUT2D eigenvalue weighted by molar-refractivity contribution is 6.02. The molecule has 3 saturated heterocycles. The number of carbonyl (C=O) groups is 3. The predicted octanol–water partition coefficient (Wildman–Crippen LogP) is 3.11. The van der Waals surface area contributed by atoms with Crippen LogP contribution in [0.2, 0.25) is 0 Å². The van der Waals surface area contributed by atoms with E-state index in [1.165, 1.54) is 4.90 Å². The summed E-state index contributed by atoms with van der Waals surface area (Å²) in [5.74, 6) is -2.53. The molecule has 8 heteroatoms. The number of carbonyl (C=O) groups excluding carboxylic acids is 3. The second kappa shape index (κ2) is 10.2. The van der Waals surface area contributed by atoms with Gasteiger partial charge < -0.3 is 25.4 Å². The zero-order valence-corrected chi connectivity index (χ0v) is 22.2. The van der Waals surface area contributed by atoms with Gasteiger partial charge in [-0.3, -0.25) is 14.4 Å². The maximum Gasteiger partial charge on any atom is 0.246 e. The van der Waals surface area contributed by atoms with Crippen molar-refractivity contribution < 1.29 is 24.2 Å². The summed E-state index contributed by atoms with van der Waals surface area (Å²) in [7, 11) is 0. The van der Waals surface area contributed by atoms with Crippen LogP contribution in [0.25, 0.3) is 0 Å². The summed E-state index contributed by atoms with van der Waals surface area (Å²) in [6.07, 6.45) is 1.64. The molecular weight excluding hydrogens is 482 g/mol. The lowest BCUT2D eigenvalue weighted by atomic mass is 9.65. The van der Waals surface area contributed by atoms with Gasteiger partial charge in [-0.1, -0.05) is 69.3 Å². The second-order valence-electron chi connectivity index (χ2n) is 11.1. The molecule has 38 heavy (non-hydrogen) atoms. The Balaban J connectivity index is 1.53. The van der Waals surface area contributed by atoms with Gasteiger partial charge >= 0.3 is 0 Å². The van der Waals surface area contributed by atoms with Crippen LogP contribution >= 0.6 is 0 Å². The van der Waals surface area contributed by atoms with Crippen LogP contribution in [0.1, 0.15) is 45.6 Å².